The van der Waals surface area contributed by atoms with Crippen LogP contribution < -0.4 is 5.73 Å². The van der Waals surface area contributed by atoms with E-state index in [1.54, 1.807) is 0 Å². The lowest BCUT2D eigenvalue weighted by Gasteiger charge is -2.07. The standard InChI is InChI=1S/C14H10ClF2NO/c1-7-4-9(10(15)6-11(7)16)14(19)8-2-3-13(18)12(17)5-8/h2-6H,18H2,1H3. The molecule has 0 saturated carbocycles. The monoisotopic (exact) mass is 281 g/mol. The summed E-state index contributed by atoms with van der Waals surface area (Å²) in [6, 6.07) is 6.14. The number of benzene rings is 2. The van der Waals surface area contributed by atoms with E-state index >= 15 is 0 Å². The SMILES string of the molecule is Cc1cc(C(=O)c2ccc(N)c(F)c2)c(Cl)cc1F. The molecule has 0 saturated heterocycles. The van der Waals surface area contributed by atoms with E-state index in [2.05, 4.69) is 0 Å². The molecule has 0 spiro atoms. The summed E-state index contributed by atoms with van der Waals surface area (Å²) < 4.78 is 26.6. The molecule has 0 unspecified atom stereocenters. The predicted molar refractivity (Wildman–Crippen MR) is 70.4 cm³/mol. The fourth-order valence-electron chi connectivity index (χ4n) is 1.66. The van der Waals surface area contributed by atoms with Crippen molar-refractivity contribution < 1.29 is 13.6 Å². The van der Waals surface area contributed by atoms with E-state index in [0.29, 0.717) is 5.56 Å². The molecular formula is C14H10ClF2NO. The smallest absolute Gasteiger partial charge is 0.194 e. The number of hydrogen-bond acceptors (Lipinski definition) is 2. The normalized spacial score (nSPS) is 10.5. The minimum Gasteiger partial charge on any atom is -0.396 e. The van der Waals surface area contributed by atoms with Gasteiger partial charge in [-0.3, -0.25) is 4.79 Å². The molecule has 98 valence electrons. The Bertz CT molecular complexity index is 671. The first-order valence-corrected chi connectivity index (χ1v) is 5.83. The first kappa shape index (κ1) is 13.5. The highest BCUT2D eigenvalue weighted by Gasteiger charge is 2.16. The Morgan fingerprint density at radius 2 is 1.84 bits per heavy atom. The third-order valence-corrected chi connectivity index (χ3v) is 3.07. The second kappa shape index (κ2) is 4.97. The number of aryl methyl sites for hydroxylation is 1. The van der Waals surface area contributed by atoms with Crippen molar-refractivity contribution in [1.82, 2.24) is 0 Å². The number of nitrogens with two attached hydrogens (primary N) is 1. The molecule has 0 aliphatic carbocycles. The average Bonchev–Trinajstić information content (AvgIpc) is 2.36. The summed E-state index contributed by atoms with van der Waals surface area (Å²) in [5, 5.41) is -0.00895. The Hall–Kier alpha value is -1.94. The number of hydrogen-bond donors (Lipinski definition) is 1. The van der Waals surface area contributed by atoms with Gasteiger partial charge in [0.1, 0.15) is 11.6 Å². The summed E-state index contributed by atoms with van der Waals surface area (Å²) in [5.74, 6) is -1.65. The fourth-order valence-corrected chi connectivity index (χ4v) is 1.89. The highest BCUT2D eigenvalue weighted by Crippen LogP contribution is 2.24. The van der Waals surface area contributed by atoms with Gasteiger partial charge in [-0.25, -0.2) is 8.78 Å². The van der Waals surface area contributed by atoms with Gasteiger partial charge in [0.25, 0.3) is 0 Å². The van der Waals surface area contributed by atoms with Crippen LogP contribution in [-0.2, 0) is 0 Å². The van der Waals surface area contributed by atoms with Gasteiger partial charge in [0.05, 0.1) is 10.7 Å². The Balaban J connectivity index is 2.49. The lowest BCUT2D eigenvalue weighted by molar-refractivity contribution is 0.103. The van der Waals surface area contributed by atoms with Crippen LogP contribution in [-0.4, -0.2) is 5.78 Å². The van der Waals surface area contributed by atoms with Crippen molar-refractivity contribution in [3.8, 4) is 0 Å². The second-order valence-electron chi connectivity index (χ2n) is 4.15. The molecule has 2 nitrogen and oxygen atoms in total. The summed E-state index contributed by atoms with van der Waals surface area (Å²) in [6.07, 6.45) is 0. The van der Waals surface area contributed by atoms with Gasteiger partial charge in [-0.1, -0.05) is 11.6 Å². The molecule has 0 aliphatic heterocycles. The first-order valence-electron chi connectivity index (χ1n) is 5.45. The maximum absolute atomic E-state index is 13.3. The molecule has 5 heteroatoms. The van der Waals surface area contributed by atoms with E-state index in [0.717, 1.165) is 12.1 Å². The number of ketones is 1. The highest BCUT2D eigenvalue weighted by molar-refractivity contribution is 6.35. The van der Waals surface area contributed by atoms with Crippen LogP contribution in [0.15, 0.2) is 30.3 Å². The summed E-state index contributed by atoms with van der Waals surface area (Å²) in [5.41, 5.74) is 5.83. The number of rotatable bonds is 2. The predicted octanol–water partition coefficient (Wildman–Crippen LogP) is 3.74. The van der Waals surface area contributed by atoms with Gasteiger partial charge in [0, 0.05) is 11.1 Å². The molecule has 2 aromatic rings. The quantitative estimate of drug-likeness (QED) is 0.673. The molecule has 0 radical (unpaired) electrons. The summed E-state index contributed by atoms with van der Waals surface area (Å²) in [6.45, 7) is 1.52. The number of anilines is 1. The van der Waals surface area contributed by atoms with Crippen LogP contribution in [0.2, 0.25) is 5.02 Å². The molecule has 0 bridgehead atoms. The minimum absolute atomic E-state index is 0.00895. The largest absolute Gasteiger partial charge is 0.396 e. The lowest BCUT2D eigenvalue weighted by atomic mass is 10.0. The van der Waals surface area contributed by atoms with Crippen molar-refractivity contribution >= 4 is 23.1 Å². The molecule has 0 atom stereocenters. The summed E-state index contributed by atoms with van der Waals surface area (Å²) in [7, 11) is 0. The van der Waals surface area contributed by atoms with E-state index in [1.165, 1.54) is 25.1 Å². The molecule has 0 aromatic heterocycles. The molecule has 0 heterocycles. The Kier molecular flexibility index (Phi) is 3.53. The average molecular weight is 282 g/mol. The molecule has 0 aliphatic rings. The Morgan fingerprint density at radius 3 is 2.47 bits per heavy atom. The Morgan fingerprint density at radius 1 is 1.16 bits per heavy atom. The molecule has 2 rings (SSSR count). The number of halogens is 3. The van der Waals surface area contributed by atoms with Crippen molar-refractivity contribution in [3.05, 3.63) is 63.7 Å². The fraction of sp³-hybridized carbons (Fsp3) is 0.0714. The lowest BCUT2D eigenvalue weighted by Crippen LogP contribution is -2.05. The van der Waals surface area contributed by atoms with Crippen LogP contribution in [0.5, 0.6) is 0 Å². The maximum atomic E-state index is 13.3. The van der Waals surface area contributed by atoms with Crippen LogP contribution in [0.3, 0.4) is 0 Å². The zero-order valence-corrected chi connectivity index (χ0v) is 10.8. The van der Waals surface area contributed by atoms with Gasteiger partial charge in [0.15, 0.2) is 5.78 Å². The van der Waals surface area contributed by atoms with E-state index in [-0.39, 0.29) is 21.8 Å². The number of carbonyl (C=O) groups excluding carboxylic acids is 1. The van der Waals surface area contributed by atoms with Crippen molar-refractivity contribution in [3.63, 3.8) is 0 Å². The third-order valence-electron chi connectivity index (χ3n) is 2.76. The van der Waals surface area contributed by atoms with E-state index in [1.807, 2.05) is 0 Å². The highest BCUT2D eigenvalue weighted by atomic mass is 35.5. The second-order valence-corrected chi connectivity index (χ2v) is 4.55. The Labute approximate surface area is 113 Å². The summed E-state index contributed by atoms with van der Waals surface area (Å²) >= 11 is 5.84. The zero-order valence-electron chi connectivity index (χ0n) is 10.0. The minimum atomic E-state index is -0.680. The molecular weight excluding hydrogens is 272 g/mol. The topological polar surface area (TPSA) is 43.1 Å². The van der Waals surface area contributed by atoms with Gasteiger partial charge in [-0.2, -0.15) is 0 Å². The number of carbonyl (C=O) groups is 1. The van der Waals surface area contributed by atoms with Crippen LogP contribution in [0.4, 0.5) is 14.5 Å². The van der Waals surface area contributed by atoms with Gasteiger partial charge >= 0.3 is 0 Å². The molecule has 19 heavy (non-hydrogen) atoms. The van der Waals surface area contributed by atoms with Crippen LogP contribution in [0.25, 0.3) is 0 Å². The first-order chi connectivity index (χ1) is 8.90. The van der Waals surface area contributed by atoms with E-state index in [9.17, 15) is 13.6 Å². The van der Waals surface area contributed by atoms with Gasteiger partial charge < -0.3 is 5.73 Å². The van der Waals surface area contributed by atoms with Crippen LogP contribution in [0.1, 0.15) is 21.5 Å². The van der Waals surface area contributed by atoms with E-state index < -0.39 is 17.4 Å². The van der Waals surface area contributed by atoms with Gasteiger partial charge in [-0.15, -0.1) is 0 Å². The van der Waals surface area contributed by atoms with Crippen molar-refractivity contribution in [2.45, 2.75) is 6.92 Å². The van der Waals surface area contributed by atoms with Gasteiger partial charge in [-0.05, 0) is 42.8 Å². The van der Waals surface area contributed by atoms with Gasteiger partial charge in [0.2, 0.25) is 0 Å². The van der Waals surface area contributed by atoms with Crippen molar-refractivity contribution in [1.29, 1.82) is 0 Å². The molecule has 2 N–H and O–H groups in total. The van der Waals surface area contributed by atoms with Crippen LogP contribution >= 0.6 is 11.6 Å². The van der Waals surface area contributed by atoms with Crippen LogP contribution in [0, 0.1) is 18.6 Å². The molecule has 2 aromatic carbocycles. The zero-order chi connectivity index (χ0) is 14.2. The van der Waals surface area contributed by atoms with E-state index in [4.69, 9.17) is 17.3 Å². The van der Waals surface area contributed by atoms with Crippen molar-refractivity contribution in [2.24, 2.45) is 0 Å². The molecule has 0 fully saturated rings. The molecule has 0 amide bonds. The van der Waals surface area contributed by atoms with Crippen molar-refractivity contribution in [2.75, 3.05) is 5.73 Å². The number of nitrogen functional groups attached to an aromatic ring is 1. The maximum Gasteiger partial charge on any atom is 0.194 e. The third kappa shape index (κ3) is 2.58. The summed E-state index contributed by atoms with van der Waals surface area (Å²) in [4.78, 5) is 12.2.